The fourth-order valence-corrected chi connectivity index (χ4v) is 2.69. The number of anilines is 1. The number of hydrogen-bond acceptors (Lipinski definition) is 4. The van der Waals surface area contributed by atoms with E-state index in [1.807, 2.05) is 68.4 Å². The van der Waals surface area contributed by atoms with E-state index in [2.05, 4.69) is 20.6 Å². The molecule has 0 radical (unpaired) electrons. The highest BCUT2D eigenvalue weighted by atomic mass is 16.1. The average Bonchev–Trinajstić information content (AvgIpc) is 3.12. The third kappa shape index (κ3) is 3.04. The van der Waals surface area contributed by atoms with E-state index in [0.717, 1.165) is 22.5 Å². The first-order chi connectivity index (χ1) is 12.6. The highest BCUT2D eigenvalue weighted by Crippen LogP contribution is 2.20. The predicted octanol–water partition coefficient (Wildman–Crippen LogP) is 3.66. The van der Waals surface area contributed by atoms with Crippen LogP contribution in [0.3, 0.4) is 0 Å². The van der Waals surface area contributed by atoms with Crippen molar-refractivity contribution in [1.29, 1.82) is 0 Å². The number of nitrogens with zero attached hydrogens (tertiary/aromatic N) is 4. The van der Waals surface area contributed by atoms with E-state index in [-0.39, 0.29) is 5.91 Å². The quantitative estimate of drug-likeness (QED) is 0.616. The van der Waals surface area contributed by atoms with Gasteiger partial charge < -0.3 is 5.32 Å². The van der Waals surface area contributed by atoms with Gasteiger partial charge in [-0.3, -0.25) is 4.79 Å². The van der Waals surface area contributed by atoms with E-state index in [1.54, 1.807) is 10.8 Å². The number of hydrogen-bond donors (Lipinski definition) is 1. The van der Waals surface area contributed by atoms with E-state index < -0.39 is 0 Å². The summed E-state index contributed by atoms with van der Waals surface area (Å²) < 4.78 is 1.63. The zero-order valence-corrected chi connectivity index (χ0v) is 14.5. The Bertz CT molecular complexity index is 1100. The van der Waals surface area contributed by atoms with Gasteiger partial charge in [-0.2, -0.15) is 9.61 Å². The summed E-state index contributed by atoms with van der Waals surface area (Å²) >= 11 is 0. The number of carbonyl (C=O) groups excluding carboxylic acids is 1. The second kappa shape index (κ2) is 6.40. The van der Waals surface area contributed by atoms with Gasteiger partial charge in [-0.05, 0) is 61.4 Å². The summed E-state index contributed by atoms with van der Waals surface area (Å²) in [4.78, 5) is 12.4. The fourth-order valence-electron chi connectivity index (χ4n) is 2.69. The molecule has 4 rings (SSSR count). The van der Waals surface area contributed by atoms with Crippen LogP contribution in [0.1, 0.15) is 21.5 Å². The molecule has 0 bridgehead atoms. The van der Waals surface area contributed by atoms with Gasteiger partial charge in [-0.25, -0.2) is 0 Å². The summed E-state index contributed by atoms with van der Waals surface area (Å²) in [5, 5.41) is 15.2. The van der Waals surface area contributed by atoms with Gasteiger partial charge in [0.05, 0.1) is 5.69 Å². The summed E-state index contributed by atoms with van der Waals surface area (Å²) in [6, 6.07) is 17.0. The highest BCUT2D eigenvalue weighted by molar-refractivity contribution is 6.04. The maximum Gasteiger partial charge on any atom is 0.255 e. The van der Waals surface area contributed by atoms with Crippen molar-refractivity contribution in [3.05, 3.63) is 77.6 Å². The van der Waals surface area contributed by atoms with Crippen molar-refractivity contribution in [3.8, 4) is 11.3 Å². The van der Waals surface area contributed by atoms with Crippen molar-refractivity contribution >= 4 is 17.2 Å². The van der Waals surface area contributed by atoms with Crippen molar-refractivity contribution in [2.75, 3.05) is 5.32 Å². The van der Waals surface area contributed by atoms with Gasteiger partial charge >= 0.3 is 0 Å². The largest absolute Gasteiger partial charge is 0.322 e. The lowest BCUT2D eigenvalue weighted by Crippen LogP contribution is -2.12. The van der Waals surface area contributed by atoms with E-state index >= 15 is 0 Å². The number of aryl methyl sites for hydroxylation is 2. The molecule has 0 aliphatic carbocycles. The molecule has 6 heteroatoms. The van der Waals surface area contributed by atoms with Crippen molar-refractivity contribution < 1.29 is 4.79 Å². The van der Waals surface area contributed by atoms with Crippen LogP contribution in [0.4, 0.5) is 5.69 Å². The predicted molar refractivity (Wildman–Crippen MR) is 100 cm³/mol. The van der Waals surface area contributed by atoms with Crippen LogP contribution < -0.4 is 5.32 Å². The lowest BCUT2D eigenvalue weighted by atomic mass is 10.1. The van der Waals surface area contributed by atoms with E-state index in [0.29, 0.717) is 11.2 Å². The number of amides is 1. The molecule has 0 spiro atoms. The van der Waals surface area contributed by atoms with Crippen LogP contribution in [0, 0.1) is 13.8 Å². The molecule has 128 valence electrons. The van der Waals surface area contributed by atoms with Gasteiger partial charge in [-0.15, -0.1) is 10.2 Å². The van der Waals surface area contributed by atoms with Crippen LogP contribution in [0.2, 0.25) is 0 Å². The topological polar surface area (TPSA) is 72.2 Å². The Balaban J connectivity index is 1.53. The molecule has 6 nitrogen and oxygen atoms in total. The molecule has 1 amide bonds. The monoisotopic (exact) mass is 343 g/mol. The third-order valence-corrected chi connectivity index (χ3v) is 4.37. The summed E-state index contributed by atoms with van der Waals surface area (Å²) in [7, 11) is 0. The smallest absolute Gasteiger partial charge is 0.255 e. The lowest BCUT2D eigenvalue weighted by molar-refractivity contribution is 0.102. The van der Waals surface area contributed by atoms with E-state index in [4.69, 9.17) is 0 Å². The molecule has 2 aromatic carbocycles. The molecule has 0 aliphatic heterocycles. The molecule has 0 aliphatic rings. The number of fused-ring (bicyclic) bond motifs is 1. The normalized spacial score (nSPS) is 10.8. The molecule has 4 aromatic rings. The standard InChI is InChI=1S/C20H17N5O/c1-13-3-4-16(11-14(13)2)20(26)22-17-7-5-15(6-8-17)18-9-10-19-23-21-12-25(19)24-18/h3-12H,1-2H3,(H,22,26). The van der Waals surface area contributed by atoms with Gasteiger partial charge in [0.25, 0.3) is 5.91 Å². The maximum absolute atomic E-state index is 12.4. The second-order valence-corrected chi connectivity index (χ2v) is 6.18. The maximum atomic E-state index is 12.4. The van der Waals surface area contributed by atoms with Gasteiger partial charge in [-0.1, -0.05) is 18.2 Å². The summed E-state index contributed by atoms with van der Waals surface area (Å²) in [6.07, 6.45) is 1.57. The molecular weight excluding hydrogens is 326 g/mol. The van der Waals surface area contributed by atoms with Crippen molar-refractivity contribution in [2.45, 2.75) is 13.8 Å². The van der Waals surface area contributed by atoms with E-state index in [9.17, 15) is 4.79 Å². The van der Waals surface area contributed by atoms with Crippen molar-refractivity contribution in [2.24, 2.45) is 0 Å². The van der Waals surface area contributed by atoms with Gasteiger partial charge in [0.2, 0.25) is 0 Å². The van der Waals surface area contributed by atoms with Crippen LogP contribution in [0.15, 0.2) is 60.9 Å². The Labute approximate surface area is 150 Å². The van der Waals surface area contributed by atoms with Crippen LogP contribution in [0.25, 0.3) is 16.9 Å². The SMILES string of the molecule is Cc1ccc(C(=O)Nc2ccc(-c3ccc4nncn4n3)cc2)cc1C. The van der Waals surface area contributed by atoms with Crippen LogP contribution >= 0.6 is 0 Å². The Morgan fingerprint density at radius 2 is 1.77 bits per heavy atom. The molecule has 0 saturated carbocycles. The van der Waals surface area contributed by atoms with Gasteiger partial charge in [0.15, 0.2) is 5.65 Å². The molecule has 2 heterocycles. The molecule has 26 heavy (non-hydrogen) atoms. The minimum Gasteiger partial charge on any atom is -0.322 e. The molecule has 0 saturated heterocycles. The van der Waals surface area contributed by atoms with Crippen LogP contribution in [0.5, 0.6) is 0 Å². The number of nitrogens with one attached hydrogen (secondary N) is 1. The highest BCUT2D eigenvalue weighted by Gasteiger charge is 2.08. The van der Waals surface area contributed by atoms with Gasteiger partial charge in [0.1, 0.15) is 6.33 Å². The summed E-state index contributed by atoms with van der Waals surface area (Å²) in [6.45, 7) is 4.03. The molecule has 0 atom stereocenters. The van der Waals surface area contributed by atoms with Crippen LogP contribution in [-0.2, 0) is 0 Å². The minimum absolute atomic E-state index is 0.120. The molecular formula is C20H17N5O. The molecule has 0 unspecified atom stereocenters. The average molecular weight is 343 g/mol. The molecule has 2 aromatic heterocycles. The second-order valence-electron chi connectivity index (χ2n) is 6.18. The summed E-state index contributed by atoms with van der Waals surface area (Å²) in [5.74, 6) is -0.120. The number of aromatic nitrogens is 4. The zero-order valence-electron chi connectivity index (χ0n) is 14.5. The van der Waals surface area contributed by atoms with Crippen LogP contribution in [-0.4, -0.2) is 25.7 Å². The first-order valence-electron chi connectivity index (χ1n) is 8.26. The van der Waals surface area contributed by atoms with Crippen molar-refractivity contribution in [1.82, 2.24) is 19.8 Å². The Hall–Kier alpha value is -3.54. The first-order valence-corrected chi connectivity index (χ1v) is 8.26. The Morgan fingerprint density at radius 1 is 0.962 bits per heavy atom. The molecule has 1 N–H and O–H groups in total. The number of benzene rings is 2. The molecule has 0 fully saturated rings. The first kappa shape index (κ1) is 16.0. The van der Waals surface area contributed by atoms with Crippen molar-refractivity contribution in [3.63, 3.8) is 0 Å². The number of carbonyl (C=O) groups is 1. The van der Waals surface area contributed by atoms with E-state index in [1.165, 1.54) is 5.56 Å². The van der Waals surface area contributed by atoms with Gasteiger partial charge in [0, 0.05) is 16.8 Å². The summed E-state index contributed by atoms with van der Waals surface area (Å²) in [5.41, 5.74) is 6.12. The Kier molecular flexibility index (Phi) is 3.93. The lowest BCUT2D eigenvalue weighted by Gasteiger charge is -2.08. The fraction of sp³-hybridized carbons (Fsp3) is 0.100. The third-order valence-electron chi connectivity index (χ3n) is 4.37. The Morgan fingerprint density at radius 3 is 2.54 bits per heavy atom. The minimum atomic E-state index is -0.120. The zero-order chi connectivity index (χ0) is 18.1. The number of rotatable bonds is 3.